The van der Waals surface area contributed by atoms with Gasteiger partial charge in [-0.15, -0.1) is 0 Å². The summed E-state index contributed by atoms with van der Waals surface area (Å²) in [5.74, 6) is 0.220. The third kappa shape index (κ3) is 6.19. The number of hydrogen-bond acceptors (Lipinski definition) is 8. The molecule has 4 rings (SSSR count). The van der Waals surface area contributed by atoms with E-state index in [1.165, 1.54) is 0 Å². The van der Waals surface area contributed by atoms with Gasteiger partial charge in [-0.05, 0) is 73.6 Å². The van der Waals surface area contributed by atoms with E-state index in [9.17, 15) is 14.4 Å². The average molecular weight is 512 g/mol. The van der Waals surface area contributed by atoms with E-state index in [1.54, 1.807) is 36.4 Å². The molecule has 2 aliphatic rings. The smallest absolute Gasteiger partial charge is 0.294 e. The van der Waals surface area contributed by atoms with Crippen LogP contribution in [0.2, 0.25) is 0 Å². The fraction of sp³-hybridized carbons (Fsp3) is 0.346. The number of amides is 3. The molecular formula is C26H29N3O6S. The molecule has 0 bridgehead atoms. The average Bonchev–Trinajstić information content (AvgIpc) is 3.14. The van der Waals surface area contributed by atoms with Crippen LogP contribution in [0.1, 0.15) is 19.4 Å². The number of rotatable bonds is 9. The van der Waals surface area contributed by atoms with Gasteiger partial charge in [-0.25, -0.2) is 0 Å². The lowest BCUT2D eigenvalue weighted by Gasteiger charge is -2.28. The largest absolute Gasteiger partial charge is 0.490 e. The maximum absolute atomic E-state index is 12.9. The fourth-order valence-corrected chi connectivity index (χ4v) is 4.70. The first-order valence-corrected chi connectivity index (χ1v) is 12.7. The molecule has 0 spiro atoms. The summed E-state index contributed by atoms with van der Waals surface area (Å²) in [6.07, 6.45) is 1.62. The SMILES string of the molecule is CCOc1ccc(/C=C2/SC(=O)N(CC(=O)Nc3ccc(N4CCOCC4)cc3)C2=O)cc1OCC. The van der Waals surface area contributed by atoms with Crippen molar-refractivity contribution in [1.29, 1.82) is 0 Å². The second kappa shape index (κ2) is 12.0. The molecule has 2 fully saturated rings. The number of nitrogens with one attached hydrogen (secondary N) is 1. The zero-order valence-electron chi connectivity index (χ0n) is 20.3. The highest BCUT2D eigenvalue weighted by Crippen LogP contribution is 2.34. The van der Waals surface area contributed by atoms with Crippen molar-refractivity contribution >= 4 is 46.3 Å². The number of anilines is 2. The van der Waals surface area contributed by atoms with Gasteiger partial charge in [-0.3, -0.25) is 19.3 Å². The molecule has 2 saturated heterocycles. The topological polar surface area (TPSA) is 97.4 Å². The summed E-state index contributed by atoms with van der Waals surface area (Å²) < 4.78 is 16.6. The third-order valence-electron chi connectivity index (χ3n) is 5.57. The van der Waals surface area contributed by atoms with Gasteiger partial charge in [-0.1, -0.05) is 6.07 Å². The van der Waals surface area contributed by atoms with Crippen LogP contribution in [-0.4, -0.2) is 68.0 Å². The highest BCUT2D eigenvalue weighted by molar-refractivity contribution is 8.18. The van der Waals surface area contributed by atoms with E-state index in [4.69, 9.17) is 14.2 Å². The van der Waals surface area contributed by atoms with E-state index in [-0.39, 0.29) is 11.4 Å². The van der Waals surface area contributed by atoms with Crippen molar-refractivity contribution in [2.75, 3.05) is 56.3 Å². The van der Waals surface area contributed by atoms with Crippen LogP contribution in [0.25, 0.3) is 6.08 Å². The Kier molecular flexibility index (Phi) is 8.50. The van der Waals surface area contributed by atoms with Crippen LogP contribution < -0.4 is 19.7 Å². The van der Waals surface area contributed by atoms with Gasteiger partial charge in [0.25, 0.3) is 11.1 Å². The second-order valence-corrected chi connectivity index (χ2v) is 9.03. The Morgan fingerprint density at radius 3 is 2.42 bits per heavy atom. The van der Waals surface area contributed by atoms with Crippen molar-refractivity contribution in [3.05, 3.63) is 52.9 Å². The lowest BCUT2D eigenvalue weighted by Crippen LogP contribution is -2.36. The number of carbonyl (C=O) groups excluding carboxylic acids is 3. The van der Waals surface area contributed by atoms with Crippen LogP contribution in [0, 0.1) is 0 Å². The van der Waals surface area contributed by atoms with Crippen LogP contribution >= 0.6 is 11.8 Å². The monoisotopic (exact) mass is 511 g/mol. The molecule has 3 amide bonds. The maximum atomic E-state index is 12.9. The van der Waals surface area contributed by atoms with Crippen LogP contribution in [0.3, 0.4) is 0 Å². The van der Waals surface area contributed by atoms with Gasteiger partial charge in [0, 0.05) is 24.5 Å². The lowest BCUT2D eigenvalue weighted by atomic mass is 10.2. The van der Waals surface area contributed by atoms with Crippen molar-refractivity contribution in [2.24, 2.45) is 0 Å². The number of ether oxygens (including phenoxy) is 3. The summed E-state index contributed by atoms with van der Waals surface area (Å²) in [6, 6.07) is 12.8. The minimum absolute atomic E-state index is 0.245. The fourth-order valence-electron chi connectivity index (χ4n) is 3.87. The normalized spacial score (nSPS) is 17.0. The molecule has 36 heavy (non-hydrogen) atoms. The summed E-state index contributed by atoms with van der Waals surface area (Å²) in [7, 11) is 0. The first kappa shape index (κ1) is 25.6. The molecule has 2 heterocycles. The molecule has 0 unspecified atom stereocenters. The first-order valence-electron chi connectivity index (χ1n) is 11.9. The molecule has 2 aliphatic heterocycles. The van der Waals surface area contributed by atoms with Crippen molar-refractivity contribution in [2.45, 2.75) is 13.8 Å². The molecular weight excluding hydrogens is 482 g/mol. The quantitative estimate of drug-likeness (QED) is 0.505. The molecule has 2 aromatic rings. The number of benzene rings is 2. The number of imide groups is 1. The van der Waals surface area contributed by atoms with E-state index in [1.807, 2.05) is 26.0 Å². The molecule has 10 heteroatoms. The summed E-state index contributed by atoms with van der Waals surface area (Å²) in [4.78, 5) is 41.4. The van der Waals surface area contributed by atoms with Gasteiger partial charge < -0.3 is 24.4 Å². The molecule has 0 radical (unpaired) electrons. The Balaban J connectivity index is 1.38. The van der Waals surface area contributed by atoms with E-state index in [2.05, 4.69) is 10.2 Å². The van der Waals surface area contributed by atoms with Crippen LogP contribution in [0.15, 0.2) is 47.4 Å². The number of thioether (sulfide) groups is 1. The Morgan fingerprint density at radius 2 is 1.72 bits per heavy atom. The molecule has 0 saturated carbocycles. The maximum Gasteiger partial charge on any atom is 0.294 e. The highest BCUT2D eigenvalue weighted by Gasteiger charge is 2.36. The van der Waals surface area contributed by atoms with E-state index >= 15 is 0 Å². The number of morpholine rings is 1. The lowest BCUT2D eigenvalue weighted by molar-refractivity contribution is -0.127. The van der Waals surface area contributed by atoms with Gasteiger partial charge in [0.2, 0.25) is 5.91 Å². The van der Waals surface area contributed by atoms with Crippen molar-refractivity contribution in [3.8, 4) is 11.5 Å². The van der Waals surface area contributed by atoms with Crippen molar-refractivity contribution < 1.29 is 28.6 Å². The molecule has 9 nitrogen and oxygen atoms in total. The number of nitrogens with zero attached hydrogens (tertiary/aromatic N) is 2. The van der Waals surface area contributed by atoms with E-state index in [0.29, 0.717) is 49.2 Å². The predicted octanol–water partition coefficient (Wildman–Crippen LogP) is 4.00. The van der Waals surface area contributed by atoms with Crippen LogP contribution in [-0.2, 0) is 14.3 Å². The summed E-state index contributed by atoms with van der Waals surface area (Å²) >= 11 is 0.807. The van der Waals surface area contributed by atoms with Gasteiger partial charge in [0.1, 0.15) is 6.54 Å². The van der Waals surface area contributed by atoms with Crippen molar-refractivity contribution in [1.82, 2.24) is 4.90 Å². The van der Waals surface area contributed by atoms with Gasteiger partial charge in [0.05, 0.1) is 31.3 Å². The zero-order chi connectivity index (χ0) is 25.5. The number of carbonyl (C=O) groups is 3. The summed E-state index contributed by atoms with van der Waals surface area (Å²) in [6.45, 7) is 7.38. The van der Waals surface area contributed by atoms with Gasteiger partial charge >= 0.3 is 0 Å². The zero-order valence-corrected chi connectivity index (χ0v) is 21.1. The molecule has 190 valence electrons. The Hall–Kier alpha value is -3.50. The Morgan fingerprint density at radius 1 is 1.03 bits per heavy atom. The molecule has 0 aromatic heterocycles. The Labute approximate surface area is 214 Å². The molecule has 0 aliphatic carbocycles. The molecule has 0 atom stereocenters. The van der Waals surface area contributed by atoms with Gasteiger partial charge in [0.15, 0.2) is 11.5 Å². The van der Waals surface area contributed by atoms with E-state index in [0.717, 1.165) is 35.4 Å². The predicted molar refractivity (Wildman–Crippen MR) is 140 cm³/mol. The Bertz CT molecular complexity index is 1140. The molecule has 1 N–H and O–H groups in total. The summed E-state index contributed by atoms with van der Waals surface area (Å²) in [5.41, 5.74) is 2.34. The highest BCUT2D eigenvalue weighted by atomic mass is 32.2. The first-order chi connectivity index (χ1) is 17.5. The second-order valence-electron chi connectivity index (χ2n) is 8.03. The minimum Gasteiger partial charge on any atom is -0.490 e. The van der Waals surface area contributed by atoms with Crippen LogP contribution in [0.4, 0.5) is 16.2 Å². The van der Waals surface area contributed by atoms with Crippen molar-refractivity contribution in [3.63, 3.8) is 0 Å². The van der Waals surface area contributed by atoms with Crippen LogP contribution in [0.5, 0.6) is 11.5 Å². The van der Waals surface area contributed by atoms with E-state index < -0.39 is 17.1 Å². The van der Waals surface area contributed by atoms with Gasteiger partial charge in [-0.2, -0.15) is 0 Å². The summed E-state index contributed by atoms with van der Waals surface area (Å²) in [5, 5.41) is 2.27. The third-order valence-corrected chi connectivity index (χ3v) is 6.48. The molecule has 2 aromatic carbocycles. The number of hydrogen-bond donors (Lipinski definition) is 1. The minimum atomic E-state index is -0.505. The standard InChI is InChI=1S/C26H29N3O6S/c1-3-34-21-10-5-18(15-22(21)35-4-2)16-23-25(31)29(26(32)36-23)17-24(30)27-19-6-8-20(9-7-19)28-11-13-33-14-12-28/h5-10,15-16H,3-4,11-14,17H2,1-2H3,(H,27,30)/b23-16+.